The predicted molar refractivity (Wildman–Crippen MR) is 193 cm³/mol. The molecule has 0 aliphatic rings. The SMILES string of the molecule is c1ccc(-c2nc(-c3ccc(-n4c5ccccc5c5c6c(ccc54)sc4ccccc46)cc3)c3c(n2)sc2ccccc23)cc1. The number of fused-ring (bicyclic) bond motifs is 10. The van der Waals surface area contributed by atoms with E-state index in [1.165, 1.54) is 52.1 Å². The molecule has 6 aromatic carbocycles. The third-order valence-corrected chi connectivity index (χ3v) is 11.0. The first-order valence-corrected chi connectivity index (χ1v) is 16.6. The quantitative estimate of drug-likeness (QED) is 0.199. The van der Waals surface area contributed by atoms with E-state index < -0.39 is 0 Å². The summed E-state index contributed by atoms with van der Waals surface area (Å²) in [7, 11) is 0. The van der Waals surface area contributed by atoms with Gasteiger partial charge in [-0.25, -0.2) is 9.97 Å². The number of nitrogens with zero attached hydrogens (tertiary/aromatic N) is 3. The van der Waals surface area contributed by atoms with Crippen LogP contribution in [0, 0.1) is 0 Å². The van der Waals surface area contributed by atoms with Crippen molar-refractivity contribution in [2.75, 3.05) is 0 Å². The summed E-state index contributed by atoms with van der Waals surface area (Å²) in [5.74, 6) is 0.753. The number of aromatic nitrogens is 3. The third-order valence-electron chi connectivity index (χ3n) is 8.85. The summed E-state index contributed by atoms with van der Waals surface area (Å²) in [5.41, 5.74) is 6.64. The largest absolute Gasteiger partial charge is 0.309 e. The lowest BCUT2D eigenvalue weighted by Gasteiger charge is -2.11. The van der Waals surface area contributed by atoms with E-state index in [0.29, 0.717) is 0 Å². The number of para-hydroxylation sites is 1. The van der Waals surface area contributed by atoms with Crippen LogP contribution < -0.4 is 0 Å². The van der Waals surface area contributed by atoms with Crippen LogP contribution in [0.15, 0.2) is 140 Å². The van der Waals surface area contributed by atoms with Gasteiger partial charge in [-0.15, -0.1) is 22.7 Å². The van der Waals surface area contributed by atoms with Gasteiger partial charge in [-0.2, -0.15) is 0 Å². The van der Waals surface area contributed by atoms with Crippen LogP contribution in [0.4, 0.5) is 0 Å². The van der Waals surface area contributed by atoms with Gasteiger partial charge in [0.15, 0.2) is 5.82 Å². The van der Waals surface area contributed by atoms with Crippen molar-refractivity contribution in [1.29, 1.82) is 0 Å². The molecule has 0 saturated carbocycles. The number of rotatable bonds is 3. The van der Waals surface area contributed by atoms with Crippen LogP contribution in [0.5, 0.6) is 0 Å². The van der Waals surface area contributed by atoms with E-state index in [4.69, 9.17) is 9.97 Å². The Morgan fingerprint density at radius 2 is 1.09 bits per heavy atom. The molecule has 10 rings (SSSR count). The molecule has 0 spiro atoms. The summed E-state index contributed by atoms with van der Waals surface area (Å²) in [5, 5.41) is 7.59. The van der Waals surface area contributed by atoms with Crippen molar-refractivity contribution in [3.05, 3.63) is 140 Å². The zero-order valence-electron chi connectivity index (χ0n) is 23.9. The van der Waals surface area contributed by atoms with E-state index >= 15 is 0 Å². The van der Waals surface area contributed by atoms with Crippen LogP contribution in [0.25, 0.3) is 90.6 Å². The Bertz CT molecular complexity index is 2750. The van der Waals surface area contributed by atoms with Gasteiger partial charge in [0.25, 0.3) is 0 Å². The first-order valence-electron chi connectivity index (χ1n) is 15.0. The molecular formula is C40H23N3S2. The standard InChI is InChI=1S/C40H23N3S2/c1-2-10-25(11-3-1)39-41-38(37-29-14-6-9-17-33(29)45-40(37)42-39)24-18-20-26(21-19-24)43-30-15-7-4-12-27(30)35-31(43)22-23-34-36(35)28-13-5-8-16-32(28)44-34/h1-23H. The molecule has 10 aromatic rings. The van der Waals surface area contributed by atoms with Gasteiger partial charge in [-0.3, -0.25) is 0 Å². The molecule has 0 unspecified atom stereocenters. The first-order chi connectivity index (χ1) is 22.3. The van der Waals surface area contributed by atoms with Crippen LogP contribution in [-0.4, -0.2) is 14.5 Å². The lowest BCUT2D eigenvalue weighted by molar-refractivity contribution is 1.18. The highest BCUT2D eigenvalue weighted by Gasteiger charge is 2.19. The van der Waals surface area contributed by atoms with Gasteiger partial charge in [-0.05, 0) is 42.5 Å². The average Bonchev–Trinajstić information content (AvgIpc) is 3.77. The van der Waals surface area contributed by atoms with E-state index in [2.05, 4.69) is 126 Å². The van der Waals surface area contributed by atoms with E-state index in [-0.39, 0.29) is 0 Å². The summed E-state index contributed by atoms with van der Waals surface area (Å²) in [4.78, 5) is 11.3. The maximum Gasteiger partial charge on any atom is 0.161 e. The molecule has 0 amide bonds. The molecule has 0 fully saturated rings. The zero-order chi connectivity index (χ0) is 29.5. The third kappa shape index (κ3) is 3.69. The van der Waals surface area contributed by atoms with Gasteiger partial charge in [0.1, 0.15) is 4.83 Å². The molecule has 0 saturated heterocycles. The van der Waals surface area contributed by atoms with Gasteiger partial charge in [-0.1, -0.05) is 97.1 Å². The molecule has 45 heavy (non-hydrogen) atoms. The number of hydrogen-bond donors (Lipinski definition) is 0. The molecule has 0 atom stereocenters. The van der Waals surface area contributed by atoms with Crippen LogP contribution in [-0.2, 0) is 0 Å². The Morgan fingerprint density at radius 1 is 0.422 bits per heavy atom. The number of benzene rings is 6. The molecule has 3 nitrogen and oxygen atoms in total. The Morgan fingerprint density at radius 3 is 1.89 bits per heavy atom. The molecule has 0 aliphatic carbocycles. The van der Waals surface area contributed by atoms with Crippen molar-refractivity contribution in [2.45, 2.75) is 0 Å². The predicted octanol–water partition coefficient (Wildman–Crippen LogP) is 11.6. The lowest BCUT2D eigenvalue weighted by Crippen LogP contribution is -1.96. The molecule has 0 N–H and O–H groups in total. The molecular weight excluding hydrogens is 587 g/mol. The second-order valence-electron chi connectivity index (χ2n) is 11.4. The first kappa shape index (κ1) is 25.0. The topological polar surface area (TPSA) is 30.7 Å². The van der Waals surface area contributed by atoms with Crippen molar-refractivity contribution in [3.63, 3.8) is 0 Å². The van der Waals surface area contributed by atoms with Crippen molar-refractivity contribution >= 4 is 85.0 Å². The maximum atomic E-state index is 5.20. The monoisotopic (exact) mass is 609 g/mol. The highest BCUT2D eigenvalue weighted by Crippen LogP contribution is 2.44. The lowest BCUT2D eigenvalue weighted by atomic mass is 10.0. The Labute approximate surface area is 266 Å². The van der Waals surface area contributed by atoms with Crippen LogP contribution in [0.3, 0.4) is 0 Å². The van der Waals surface area contributed by atoms with Crippen LogP contribution in [0.1, 0.15) is 0 Å². The second kappa shape index (κ2) is 9.57. The van der Waals surface area contributed by atoms with E-state index in [0.717, 1.165) is 38.5 Å². The van der Waals surface area contributed by atoms with Gasteiger partial charge in [0.05, 0.1) is 16.7 Å². The Kier molecular flexibility index (Phi) is 5.32. The van der Waals surface area contributed by atoms with E-state index in [1.807, 2.05) is 29.5 Å². The zero-order valence-corrected chi connectivity index (χ0v) is 25.6. The molecule has 0 radical (unpaired) electrons. The van der Waals surface area contributed by atoms with Crippen molar-refractivity contribution < 1.29 is 0 Å². The Balaban J connectivity index is 1.21. The molecule has 5 heteroatoms. The fraction of sp³-hybridized carbons (Fsp3) is 0. The second-order valence-corrected chi connectivity index (χ2v) is 13.5. The van der Waals surface area contributed by atoms with E-state index in [9.17, 15) is 0 Å². The maximum absolute atomic E-state index is 5.20. The molecule has 4 aromatic heterocycles. The number of hydrogen-bond acceptors (Lipinski definition) is 4. The normalized spacial score (nSPS) is 12.0. The highest BCUT2D eigenvalue weighted by molar-refractivity contribution is 7.26. The van der Waals surface area contributed by atoms with Gasteiger partial charge < -0.3 is 4.57 Å². The minimum Gasteiger partial charge on any atom is -0.309 e. The number of thiophene rings is 2. The van der Waals surface area contributed by atoms with Gasteiger partial charge >= 0.3 is 0 Å². The van der Waals surface area contributed by atoms with Crippen molar-refractivity contribution in [3.8, 4) is 28.3 Å². The molecule has 0 bridgehead atoms. The minimum atomic E-state index is 0.753. The fourth-order valence-electron chi connectivity index (χ4n) is 6.87. The molecule has 0 aliphatic heterocycles. The van der Waals surface area contributed by atoms with Crippen LogP contribution in [0.2, 0.25) is 0 Å². The van der Waals surface area contributed by atoms with Crippen molar-refractivity contribution in [1.82, 2.24) is 14.5 Å². The Hall–Kier alpha value is -5.36. The summed E-state index contributed by atoms with van der Waals surface area (Å²) in [6.07, 6.45) is 0. The van der Waals surface area contributed by atoms with Gasteiger partial charge in [0.2, 0.25) is 0 Å². The van der Waals surface area contributed by atoms with Crippen molar-refractivity contribution in [2.24, 2.45) is 0 Å². The fourth-order valence-corrected chi connectivity index (χ4v) is 9.06. The smallest absolute Gasteiger partial charge is 0.161 e. The summed E-state index contributed by atoms with van der Waals surface area (Å²) in [6, 6.07) is 49.9. The summed E-state index contributed by atoms with van der Waals surface area (Å²) >= 11 is 3.60. The minimum absolute atomic E-state index is 0.753. The molecule has 4 heterocycles. The molecule has 210 valence electrons. The highest BCUT2D eigenvalue weighted by atomic mass is 32.1. The summed E-state index contributed by atoms with van der Waals surface area (Å²) in [6.45, 7) is 0. The average molecular weight is 610 g/mol. The van der Waals surface area contributed by atoms with E-state index in [1.54, 1.807) is 11.3 Å². The van der Waals surface area contributed by atoms with Gasteiger partial charge in [0, 0.05) is 63.2 Å². The van der Waals surface area contributed by atoms with Crippen LogP contribution >= 0.6 is 22.7 Å². The summed E-state index contributed by atoms with van der Waals surface area (Å²) < 4.78 is 6.29.